The molecule has 262 valence electrons. The van der Waals surface area contributed by atoms with Gasteiger partial charge in [-0.3, -0.25) is 0 Å². The molecule has 3 heteroatoms. The fourth-order valence-corrected chi connectivity index (χ4v) is 22.3. The van der Waals surface area contributed by atoms with Crippen molar-refractivity contribution in [3.05, 3.63) is 175 Å². The van der Waals surface area contributed by atoms with Crippen LogP contribution in [-0.2, 0) is 31.8 Å². The normalized spacial score (nSPS) is 13.6. The Balaban J connectivity index is 0.00000232. The van der Waals surface area contributed by atoms with Crippen molar-refractivity contribution in [1.29, 1.82) is 0 Å². The second-order valence-electron chi connectivity index (χ2n) is 16.6. The van der Waals surface area contributed by atoms with Crippen LogP contribution in [0, 0.1) is 13.8 Å². The van der Waals surface area contributed by atoms with Crippen LogP contribution in [0.25, 0.3) is 32.7 Å². The Morgan fingerprint density at radius 1 is 0.577 bits per heavy atom. The Kier molecular flexibility index (Phi) is 10.7. The van der Waals surface area contributed by atoms with E-state index in [0.29, 0.717) is 3.67 Å². The van der Waals surface area contributed by atoms with Crippen LogP contribution in [0.15, 0.2) is 131 Å². The molecule has 0 nitrogen and oxygen atoms in total. The summed E-state index contributed by atoms with van der Waals surface area (Å²) in [7, 11) is 0. The van der Waals surface area contributed by atoms with Crippen molar-refractivity contribution in [3.63, 3.8) is 0 Å². The topological polar surface area (TPSA) is 0 Å². The number of halogens is 2. The molecule has 0 aliphatic heterocycles. The molecule has 0 atom stereocenters. The molecule has 0 heterocycles. The zero-order chi connectivity index (χ0) is 34.9. The minimum absolute atomic E-state index is 0. The maximum absolute atomic E-state index is 3.19. The Labute approximate surface area is 330 Å². The van der Waals surface area contributed by atoms with E-state index in [1.807, 2.05) is 0 Å². The molecule has 8 rings (SSSR count). The maximum Gasteiger partial charge on any atom is -1.00 e. The Morgan fingerprint density at radius 3 is 1.44 bits per heavy atom. The van der Waals surface area contributed by atoms with Crippen LogP contribution in [0.2, 0.25) is 0 Å². The first-order valence-electron chi connectivity index (χ1n) is 18.3. The number of hydrogen-bond donors (Lipinski definition) is 0. The molecule has 0 unspecified atom stereocenters. The van der Waals surface area contributed by atoms with Crippen molar-refractivity contribution < 1.29 is 45.8 Å². The fraction of sp³-hybridized carbons (Fsp3) is 0.245. The van der Waals surface area contributed by atoms with E-state index in [-0.39, 0.29) is 35.6 Å². The van der Waals surface area contributed by atoms with Crippen molar-refractivity contribution in [3.8, 4) is 11.1 Å². The van der Waals surface area contributed by atoms with E-state index < -0.39 is 21.0 Å². The Hall–Kier alpha value is -3.36. The van der Waals surface area contributed by atoms with Crippen LogP contribution >= 0.6 is 0 Å². The SMILES string of the molecule is Cc1cc2c(cc1C(C)(C)C)-c1cc(C(C)(C)C)c(C)cc1[CH]2[Hf+2]([C]1=CC=CC1)=[C](c1cccc2ccccc12)c1cccc2ccccc12.[Cl-].[Cl-]. The summed E-state index contributed by atoms with van der Waals surface area (Å²) in [4.78, 5) is 0. The fourth-order valence-electron chi connectivity index (χ4n) is 8.96. The van der Waals surface area contributed by atoms with Crippen LogP contribution in [0.5, 0.6) is 0 Å². The average molecular weight is 886 g/mol. The largest absolute Gasteiger partial charge is 1.00 e. The first kappa shape index (κ1) is 38.4. The average Bonchev–Trinajstić information content (AvgIpc) is 3.71. The summed E-state index contributed by atoms with van der Waals surface area (Å²) >= 11 is -3.19. The first-order valence-corrected chi connectivity index (χ1v) is 24.0. The van der Waals surface area contributed by atoms with Gasteiger partial charge >= 0.3 is 308 Å². The molecule has 0 aromatic heterocycles. The van der Waals surface area contributed by atoms with Crippen molar-refractivity contribution in [1.82, 2.24) is 0 Å². The predicted molar refractivity (Wildman–Crippen MR) is 214 cm³/mol. The molecule has 0 saturated carbocycles. The molecule has 0 bridgehead atoms. The van der Waals surface area contributed by atoms with Gasteiger partial charge in [-0.1, -0.05) is 0 Å². The number of allylic oxidation sites excluding steroid dienone is 4. The predicted octanol–water partition coefficient (Wildman–Crippen LogP) is 7.01. The molecule has 2 aliphatic rings. The first-order chi connectivity index (χ1) is 23.9. The van der Waals surface area contributed by atoms with E-state index in [2.05, 4.69) is 183 Å². The summed E-state index contributed by atoms with van der Waals surface area (Å²) < 4.78 is 3.71. The van der Waals surface area contributed by atoms with E-state index in [9.17, 15) is 0 Å². The van der Waals surface area contributed by atoms with E-state index in [4.69, 9.17) is 0 Å². The smallest absolute Gasteiger partial charge is 1.00 e. The van der Waals surface area contributed by atoms with E-state index >= 15 is 0 Å². The van der Waals surface area contributed by atoms with Gasteiger partial charge < -0.3 is 24.8 Å². The third kappa shape index (κ3) is 6.57. The zero-order valence-corrected chi connectivity index (χ0v) is 36.8. The van der Waals surface area contributed by atoms with Gasteiger partial charge in [-0.15, -0.1) is 0 Å². The third-order valence-corrected chi connectivity index (χ3v) is 23.1. The van der Waals surface area contributed by atoms with Gasteiger partial charge in [0.2, 0.25) is 0 Å². The number of fused-ring (bicyclic) bond motifs is 5. The zero-order valence-electron chi connectivity index (χ0n) is 31.7. The monoisotopic (exact) mass is 886 g/mol. The van der Waals surface area contributed by atoms with Gasteiger partial charge in [0, 0.05) is 0 Å². The molecule has 52 heavy (non-hydrogen) atoms. The molecular formula is C49H48Cl2Hf. The van der Waals surface area contributed by atoms with Crippen LogP contribution in [0.3, 0.4) is 0 Å². The second kappa shape index (κ2) is 14.5. The van der Waals surface area contributed by atoms with Gasteiger partial charge in [-0.2, -0.15) is 0 Å². The van der Waals surface area contributed by atoms with Crippen molar-refractivity contribution in [2.75, 3.05) is 0 Å². The van der Waals surface area contributed by atoms with Crippen molar-refractivity contribution in [2.24, 2.45) is 0 Å². The summed E-state index contributed by atoms with van der Waals surface area (Å²) in [5.41, 5.74) is 14.8. The van der Waals surface area contributed by atoms with Gasteiger partial charge in [0.05, 0.1) is 0 Å². The molecule has 0 saturated heterocycles. The van der Waals surface area contributed by atoms with Crippen LogP contribution < -0.4 is 24.8 Å². The molecule has 6 aromatic carbocycles. The molecule has 0 fully saturated rings. The van der Waals surface area contributed by atoms with Crippen LogP contribution in [-0.4, -0.2) is 3.26 Å². The van der Waals surface area contributed by atoms with Gasteiger partial charge in [0.1, 0.15) is 0 Å². The number of hydrogen-bond acceptors (Lipinski definition) is 0. The quantitative estimate of drug-likeness (QED) is 0.167. The van der Waals surface area contributed by atoms with Gasteiger partial charge in [-0.05, 0) is 0 Å². The Bertz CT molecular complexity index is 2280. The second-order valence-corrected chi connectivity index (χ2v) is 25.8. The van der Waals surface area contributed by atoms with Crippen molar-refractivity contribution >= 4 is 24.8 Å². The molecule has 0 radical (unpaired) electrons. The van der Waals surface area contributed by atoms with Crippen LogP contribution in [0.1, 0.15) is 96.1 Å². The molecule has 2 aliphatic carbocycles. The van der Waals surface area contributed by atoms with Gasteiger partial charge in [-0.25, -0.2) is 0 Å². The number of benzene rings is 6. The molecule has 0 spiro atoms. The number of aryl methyl sites for hydroxylation is 2. The van der Waals surface area contributed by atoms with Gasteiger partial charge in [0.15, 0.2) is 0 Å². The molecular weight excluding hydrogens is 838 g/mol. The minimum atomic E-state index is -3.19. The maximum atomic E-state index is 2.62. The molecule has 0 N–H and O–H groups in total. The standard InChI is InChI=1S/C23H29.C21H14.C5H5.2ClH.Hf/c1-14-9-16-11-17-10-15(2)21(23(6,7)8)13-19(17)18(16)12-20(14)22(3,4)5;1-3-13-20-16(7-1)9-5-11-18(20)15-19-12-6-10-17-8-2-4-14-21(17)19;1-2-4-5-3-1;;;/h9-13H,1-8H3;1-14H;1-3H,4H2;2*1H;/q;;;;;+2/p-2. The molecule has 0 amide bonds. The third-order valence-electron chi connectivity index (χ3n) is 11.1. The van der Waals surface area contributed by atoms with E-state index in [0.717, 1.165) is 6.42 Å². The van der Waals surface area contributed by atoms with Gasteiger partial charge in [0.25, 0.3) is 0 Å². The summed E-state index contributed by atoms with van der Waals surface area (Å²) in [6, 6.07) is 42.6. The summed E-state index contributed by atoms with van der Waals surface area (Å²) in [5.74, 6) is 0. The summed E-state index contributed by atoms with van der Waals surface area (Å²) in [6.45, 7) is 18.9. The molecule has 6 aromatic rings. The minimum Gasteiger partial charge on any atom is -1.00 e. The Morgan fingerprint density at radius 2 is 1.02 bits per heavy atom. The summed E-state index contributed by atoms with van der Waals surface area (Å²) in [5, 5.41) is 5.36. The van der Waals surface area contributed by atoms with Crippen molar-refractivity contribution in [2.45, 2.75) is 76.3 Å². The van der Waals surface area contributed by atoms with E-state index in [1.165, 1.54) is 66.1 Å². The van der Waals surface area contributed by atoms with E-state index in [1.54, 1.807) is 17.7 Å². The van der Waals surface area contributed by atoms with Crippen LogP contribution in [0.4, 0.5) is 0 Å². The summed E-state index contributed by atoms with van der Waals surface area (Å²) in [6.07, 6.45) is 8.31. The number of rotatable bonds is 4.